The number of carbonyl (C=O) groups excluding carboxylic acids is 1. The van der Waals surface area contributed by atoms with Crippen LogP contribution in [0, 0.1) is 5.92 Å². The Bertz CT molecular complexity index is 678. The second-order valence-corrected chi connectivity index (χ2v) is 6.59. The van der Waals surface area contributed by atoms with E-state index in [-0.39, 0.29) is 6.03 Å². The first-order valence-corrected chi connectivity index (χ1v) is 8.60. The molecule has 3 heterocycles. The summed E-state index contributed by atoms with van der Waals surface area (Å²) in [5, 5.41) is 7.17. The number of likely N-dealkylation sites (tertiary alicyclic amines) is 1. The number of urea groups is 1. The third-order valence-corrected chi connectivity index (χ3v) is 4.53. The maximum atomic E-state index is 12.4. The van der Waals surface area contributed by atoms with E-state index in [0.29, 0.717) is 12.5 Å². The summed E-state index contributed by atoms with van der Waals surface area (Å²) in [6.07, 6.45) is 7.05. The van der Waals surface area contributed by atoms with Gasteiger partial charge >= 0.3 is 6.03 Å². The summed E-state index contributed by atoms with van der Waals surface area (Å²) in [6.45, 7) is 2.91. The van der Waals surface area contributed by atoms with Crippen molar-refractivity contribution in [2.24, 2.45) is 5.92 Å². The highest BCUT2D eigenvalue weighted by Gasteiger charge is 2.23. The molecule has 0 aromatic carbocycles. The van der Waals surface area contributed by atoms with E-state index in [1.807, 2.05) is 40.7 Å². The van der Waals surface area contributed by atoms with Crippen molar-refractivity contribution < 1.29 is 4.79 Å². The first-order chi connectivity index (χ1) is 12.1. The molecule has 2 amide bonds. The molecule has 0 bridgehead atoms. The van der Waals surface area contributed by atoms with Gasteiger partial charge in [0, 0.05) is 52.0 Å². The van der Waals surface area contributed by atoms with Gasteiger partial charge in [-0.2, -0.15) is 5.10 Å². The Labute approximate surface area is 147 Å². The van der Waals surface area contributed by atoms with Crippen molar-refractivity contribution >= 4 is 11.8 Å². The molecule has 0 unspecified atom stereocenters. The fourth-order valence-corrected chi connectivity index (χ4v) is 3.16. The highest BCUT2D eigenvalue weighted by molar-refractivity contribution is 5.74. The monoisotopic (exact) mass is 343 g/mol. The highest BCUT2D eigenvalue weighted by Crippen LogP contribution is 2.19. The Morgan fingerprint density at radius 3 is 2.84 bits per heavy atom. The Morgan fingerprint density at radius 1 is 1.36 bits per heavy atom. The van der Waals surface area contributed by atoms with Crippen LogP contribution in [0.25, 0.3) is 0 Å². The molecule has 1 saturated heterocycles. The first-order valence-electron chi connectivity index (χ1n) is 8.60. The number of rotatable bonds is 5. The normalized spacial score (nSPS) is 15.2. The molecule has 0 radical (unpaired) electrons. The van der Waals surface area contributed by atoms with Crippen LogP contribution >= 0.6 is 0 Å². The van der Waals surface area contributed by atoms with E-state index >= 15 is 0 Å². The molecule has 2 aromatic heterocycles. The van der Waals surface area contributed by atoms with Crippen molar-refractivity contribution in [3.05, 3.63) is 36.5 Å². The minimum atomic E-state index is -0.00670. The Morgan fingerprint density at radius 2 is 2.16 bits per heavy atom. The van der Waals surface area contributed by atoms with Gasteiger partial charge in [-0.25, -0.2) is 14.8 Å². The highest BCUT2D eigenvalue weighted by atomic mass is 16.2. The number of aromatic nitrogens is 4. The fraction of sp³-hybridized carbons (Fsp3) is 0.529. The minimum absolute atomic E-state index is 0.00670. The van der Waals surface area contributed by atoms with Gasteiger partial charge in [0.15, 0.2) is 0 Å². The maximum Gasteiger partial charge on any atom is 0.317 e. The van der Waals surface area contributed by atoms with Crippen molar-refractivity contribution in [1.29, 1.82) is 0 Å². The average Bonchev–Trinajstić information content (AvgIpc) is 3.13. The summed E-state index contributed by atoms with van der Waals surface area (Å²) in [6, 6.07) is 3.88. The Kier molecular flexibility index (Phi) is 5.47. The summed E-state index contributed by atoms with van der Waals surface area (Å²) < 4.78 is 1.87. The summed E-state index contributed by atoms with van der Waals surface area (Å²) in [5.74, 6) is 1.43. The number of amides is 2. The number of hydrogen-bond donors (Lipinski definition) is 1. The van der Waals surface area contributed by atoms with Crippen molar-refractivity contribution in [2.45, 2.75) is 25.9 Å². The zero-order valence-corrected chi connectivity index (χ0v) is 14.8. The minimum Gasteiger partial charge on any atom is -0.362 e. The van der Waals surface area contributed by atoms with Crippen molar-refractivity contribution in [2.75, 3.05) is 32.1 Å². The van der Waals surface area contributed by atoms with Crippen LogP contribution in [-0.2, 0) is 13.1 Å². The molecule has 3 rings (SSSR count). The molecule has 0 aliphatic carbocycles. The number of hydrogen-bond acceptors (Lipinski definition) is 5. The third-order valence-electron chi connectivity index (χ3n) is 4.53. The van der Waals surface area contributed by atoms with Gasteiger partial charge in [-0.3, -0.25) is 4.68 Å². The van der Waals surface area contributed by atoms with Crippen LogP contribution < -0.4 is 10.2 Å². The third kappa shape index (κ3) is 4.46. The van der Waals surface area contributed by atoms with Crippen LogP contribution in [0.3, 0.4) is 0 Å². The molecule has 1 aliphatic heterocycles. The largest absolute Gasteiger partial charge is 0.362 e. The summed E-state index contributed by atoms with van der Waals surface area (Å²) in [7, 11) is 3.90. The van der Waals surface area contributed by atoms with E-state index in [9.17, 15) is 4.79 Å². The van der Waals surface area contributed by atoms with Crippen LogP contribution in [0.2, 0.25) is 0 Å². The fourth-order valence-electron chi connectivity index (χ4n) is 3.16. The standard InChI is InChI=1S/C17H25N7O/c1-22(2)16-15(4-3-7-19-16)10-20-17(25)23-8-5-14(6-9-23)11-24-13-18-12-21-24/h3-4,7,12-14H,5-6,8-11H2,1-2H3,(H,20,25). The molecular weight excluding hydrogens is 318 g/mol. The molecule has 8 heteroatoms. The van der Waals surface area contributed by atoms with Gasteiger partial charge in [0.1, 0.15) is 18.5 Å². The predicted molar refractivity (Wildman–Crippen MR) is 95.1 cm³/mol. The molecule has 0 spiro atoms. The smallest absolute Gasteiger partial charge is 0.317 e. The molecular formula is C17H25N7O. The molecule has 134 valence electrons. The lowest BCUT2D eigenvalue weighted by molar-refractivity contribution is 0.164. The lowest BCUT2D eigenvalue weighted by Crippen LogP contribution is -2.44. The number of pyridine rings is 1. The second kappa shape index (κ2) is 7.96. The summed E-state index contributed by atoms with van der Waals surface area (Å²) in [5.41, 5.74) is 1.02. The Balaban J connectivity index is 1.47. The number of carbonyl (C=O) groups is 1. The average molecular weight is 343 g/mol. The van der Waals surface area contributed by atoms with Crippen molar-refractivity contribution in [3.63, 3.8) is 0 Å². The Hall–Kier alpha value is -2.64. The van der Waals surface area contributed by atoms with Gasteiger partial charge < -0.3 is 15.1 Å². The molecule has 1 N–H and O–H groups in total. The van der Waals surface area contributed by atoms with Gasteiger partial charge in [-0.05, 0) is 24.8 Å². The molecule has 0 atom stereocenters. The quantitative estimate of drug-likeness (QED) is 0.887. The van der Waals surface area contributed by atoms with Crippen LogP contribution in [0.15, 0.2) is 31.0 Å². The van der Waals surface area contributed by atoms with Gasteiger partial charge in [0.25, 0.3) is 0 Å². The lowest BCUT2D eigenvalue weighted by Gasteiger charge is -2.32. The van der Waals surface area contributed by atoms with E-state index in [1.165, 1.54) is 0 Å². The van der Waals surface area contributed by atoms with Gasteiger partial charge in [0.05, 0.1) is 0 Å². The maximum absolute atomic E-state index is 12.4. The van der Waals surface area contributed by atoms with Crippen LogP contribution in [0.4, 0.5) is 10.6 Å². The molecule has 1 fully saturated rings. The van der Waals surface area contributed by atoms with E-state index < -0.39 is 0 Å². The first kappa shape index (κ1) is 17.2. The van der Waals surface area contributed by atoms with E-state index in [0.717, 1.165) is 43.9 Å². The molecule has 2 aromatic rings. The van der Waals surface area contributed by atoms with Gasteiger partial charge in [0.2, 0.25) is 0 Å². The van der Waals surface area contributed by atoms with Crippen LogP contribution in [0.1, 0.15) is 18.4 Å². The second-order valence-electron chi connectivity index (χ2n) is 6.59. The SMILES string of the molecule is CN(C)c1ncccc1CNC(=O)N1CCC(Cn2cncn2)CC1. The zero-order chi connectivity index (χ0) is 17.6. The van der Waals surface area contributed by atoms with Gasteiger partial charge in [-0.15, -0.1) is 0 Å². The van der Waals surface area contributed by atoms with Crippen LogP contribution in [0.5, 0.6) is 0 Å². The van der Waals surface area contributed by atoms with Crippen molar-refractivity contribution in [3.8, 4) is 0 Å². The number of nitrogens with zero attached hydrogens (tertiary/aromatic N) is 6. The van der Waals surface area contributed by atoms with E-state index in [2.05, 4.69) is 20.4 Å². The van der Waals surface area contributed by atoms with E-state index in [4.69, 9.17) is 0 Å². The molecule has 25 heavy (non-hydrogen) atoms. The number of anilines is 1. The zero-order valence-electron chi connectivity index (χ0n) is 14.8. The summed E-state index contributed by atoms with van der Waals surface area (Å²) >= 11 is 0. The predicted octanol–water partition coefficient (Wildman–Crippen LogP) is 1.36. The number of nitrogens with one attached hydrogen (secondary N) is 1. The molecule has 1 aliphatic rings. The summed E-state index contributed by atoms with van der Waals surface area (Å²) in [4.78, 5) is 24.6. The number of piperidine rings is 1. The van der Waals surface area contributed by atoms with Gasteiger partial charge in [-0.1, -0.05) is 6.07 Å². The topological polar surface area (TPSA) is 79.2 Å². The molecule has 8 nitrogen and oxygen atoms in total. The van der Waals surface area contributed by atoms with Crippen molar-refractivity contribution in [1.82, 2.24) is 30.0 Å². The molecule has 0 saturated carbocycles. The van der Waals surface area contributed by atoms with Crippen LogP contribution in [-0.4, -0.2) is 57.9 Å². The lowest BCUT2D eigenvalue weighted by atomic mass is 9.97. The van der Waals surface area contributed by atoms with E-state index in [1.54, 1.807) is 18.9 Å².